The second kappa shape index (κ2) is 7.82. The minimum atomic E-state index is -0.706. The molecule has 0 bridgehead atoms. The van der Waals surface area contributed by atoms with Gasteiger partial charge in [-0.2, -0.15) is 0 Å². The second-order valence-corrected chi connectivity index (χ2v) is 9.15. The molecule has 0 saturated carbocycles. The molecule has 156 valence electrons. The summed E-state index contributed by atoms with van der Waals surface area (Å²) >= 11 is 0. The van der Waals surface area contributed by atoms with Crippen molar-refractivity contribution < 1.29 is 8.92 Å². The van der Waals surface area contributed by atoms with Gasteiger partial charge in [-0.25, -0.2) is 0 Å². The zero-order valence-electron chi connectivity index (χ0n) is 18.2. The molecule has 30 heavy (non-hydrogen) atoms. The highest BCUT2D eigenvalue weighted by molar-refractivity contribution is 8.10. The maximum absolute atomic E-state index is 6.73. The maximum Gasteiger partial charge on any atom is 0.159 e. The van der Waals surface area contributed by atoms with E-state index in [-0.39, 0.29) is 0 Å². The minimum absolute atomic E-state index is 0.609. The van der Waals surface area contributed by atoms with Crippen LogP contribution in [0.5, 0.6) is 5.75 Å². The summed E-state index contributed by atoms with van der Waals surface area (Å²) < 4.78 is 12.2. The minimum Gasteiger partial charge on any atom is -0.497 e. The number of methoxy groups -OCH3 is 1. The lowest BCUT2D eigenvalue weighted by atomic mass is 9.80. The molecule has 4 rings (SSSR count). The molecule has 4 nitrogen and oxygen atoms in total. The zero-order chi connectivity index (χ0) is 21.5. The Morgan fingerprint density at radius 2 is 1.30 bits per heavy atom. The van der Waals surface area contributed by atoms with Crippen molar-refractivity contribution in [2.45, 2.75) is 10.5 Å². The van der Waals surface area contributed by atoms with Gasteiger partial charge in [0.25, 0.3) is 0 Å². The van der Waals surface area contributed by atoms with Gasteiger partial charge in [0.1, 0.15) is 5.75 Å². The SMILES string of the molecule is C=S1OC(c2ccc(N(C)C)cc2)(c2ccc(N(C)C)cc2)c2ccc(OC)cc21. The van der Waals surface area contributed by atoms with Crippen LogP contribution in [0.1, 0.15) is 16.7 Å². The molecule has 1 unspecified atom stereocenters. The molecule has 3 aromatic rings. The van der Waals surface area contributed by atoms with E-state index in [1.165, 1.54) is 0 Å². The molecule has 0 radical (unpaired) electrons. The first-order valence-corrected chi connectivity index (χ1v) is 11.2. The summed E-state index contributed by atoms with van der Waals surface area (Å²) in [5.74, 6) is 5.15. The Morgan fingerprint density at radius 1 is 0.800 bits per heavy atom. The van der Waals surface area contributed by atoms with Crippen LogP contribution in [0.25, 0.3) is 0 Å². The van der Waals surface area contributed by atoms with Gasteiger partial charge in [-0.15, -0.1) is 0 Å². The molecule has 0 spiro atoms. The number of anilines is 2. The van der Waals surface area contributed by atoms with E-state index in [2.05, 4.69) is 76.3 Å². The lowest BCUT2D eigenvalue weighted by Gasteiger charge is -2.31. The van der Waals surface area contributed by atoms with Gasteiger partial charge in [0.15, 0.2) is 5.60 Å². The average Bonchev–Trinajstić information content (AvgIpc) is 3.06. The molecule has 0 saturated heterocycles. The molecule has 1 atom stereocenters. The molecule has 0 aromatic heterocycles. The average molecular weight is 421 g/mol. The predicted octanol–water partition coefficient (Wildman–Crippen LogP) is 5.12. The fourth-order valence-corrected chi connectivity index (χ4v) is 5.29. The van der Waals surface area contributed by atoms with Crippen LogP contribution < -0.4 is 14.5 Å². The Hall–Kier alpha value is -2.76. The number of fused-ring (bicyclic) bond motifs is 1. The van der Waals surface area contributed by atoms with Crippen LogP contribution in [0.3, 0.4) is 0 Å². The number of ether oxygens (including phenoxy) is 1. The van der Waals surface area contributed by atoms with Crippen LogP contribution in [-0.2, 0) is 9.78 Å². The third-order valence-corrected chi connectivity index (χ3v) is 6.90. The van der Waals surface area contributed by atoms with Gasteiger partial charge in [-0.1, -0.05) is 30.3 Å². The quantitative estimate of drug-likeness (QED) is 0.535. The summed E-state index contributed by atoms with van der Waals surface area (Å²) in [4.78, 5) is 5.29. The predicted molar refractivity (Wildman–Crippen MR) is 128 cm³/mol. The lowest BCUT2D eigenvalue weighted by Crippen LogP contribution is -2.28. The van der Waals surface area contributed by atoms with Gasteiger partial charge in [-0.3, -0.25) is 4.18 Å². The topological polar surface area (TPSA) is 24.9 Å². The maximum atomic E-state index is 6.73. The van der Waals surface area contributed by atoms with E-state index in [1.807, 2.05) is 34.3 Å². The standard InChI is InChI=1S/C25H28N2O2S/c1-26(2)20-11-7-18(8-12-20)25(19-9-13-21(14-10-19)27(3)4)23-16-15-22(28-5)17-24(23)30(6)29-25/h7-17H,6H2,1-5H3. The molecule has 0 amide bonds. The molecule has 0 N–H and O–H groups in total. The number of hydrogen-bond acceptors (Lipinski definition) is 4. The summed E-state index contributed by atoms with van der Waals surface area (Å²) in [6, 6.07) is 23.3. The van der Waals surface area contributed by atoms with E-state index >= 15 is 0 Å². The summed E-state index contributed by atoms with van der Waals surface area (Å²) in [5, 5.41) is 0. The third-order valence-electron chi connectivity index (χ3n) is 5.62. The highest BCUT2D eigenvalue weighted by atomic mass is 32.2. The number of hydrogen-bond donors (Lipinski definition) is 0. The molecule has 0 aliphatic carbocycles. The van der Waals surface area contributed by atoms with Crippen molar-refractivity contribution in [2.24, 2.45) is 0 Å². The van der Waals surface area contributed by atoms with E-state index in [9.17, 15) is 0 Å². The van der Waals surface area contributed by atoms with Crippen LogP contribution in [0, 0.1) is 0 Å². The van der Waals surface area contributed by atoms with Crippen molar-refractivity contribution in [3.63, 3.8) is 0 Å². The Balaban J connectivity index is 1.94. The first-order valence-electron chi connectivity index (χ1n) is 9.84. The Morgan fingerprint density at radius 3 is 1.73 bits per heavy atom. The van der Waals surface area contributed by atoms with Crippen molar-refractivity contribution in [3.8, 4) is 5.75 Å². The van der Waals surface area contributed by atoms with Crippen LogP contribution in [0.4, 0.5) is 11.4 Å². The molecule has 5 heteroatoms. The lowest BCUT2D eigenvalue weighted by molar-refractivity contribution is 0.204. The van der Waals surface area contributed by atoms with Gasteiger partial charge in [0.05, 0.1) is 7.11 Å². The summed E-state index contributed by atoms with van der Waals surface area (Å²) in [6.45, 7) is 0. The highest BCUT2D eigenvalue weighted by Gasteiger charge is 2.45. The monoisotopic (exact) mass is 420 g/mol. The highest BCUT2D eigenvalue weighted by Crippen LogP contribution is 2.56. The molecule has 0 fully saturated rings. The van der Waals surface area contributed by atoms with Crippen LogP contribution in [-0.4, -0.2) is 41.2 Å². The Bertz CT molecular complexity index is 1020. The summed E-state index contributed by atoms with van der Waals surface area (Å²) in [5.41, 5.74) is 4.91. The fraction of sp³-hybridized carbons (Fsp3) is 0.240. The first-order chi connectivity index (χ1) is 14.4. The van der Waals surface area contributed by atoms with Gasteiger partial charge < -0.3 is 14.5 Å². The van der Waals surface area contributed by atoms with Gasteiger partial charge >= 0.3 is 0 Å². The molecule has 1 aliphatic heterocycles. The Labute approximate surface area is 181 Å². The second-order valence-electron chi connectivity index (χ2n) is 7.85. The normalized spacial score (nSPS) is 16.8. The zero-order valence-corrected chi connectivity index (χ0v) is 19.0. The fourth-order valence-electron chi connectivity index (χ4n) is 3.91. The number of benzene rings is 3. The number of nitrogens with zero attached hydrogens (tertiary/aromatic N) is 2. The van der Waals surface area contributed by atoms with Crippen molar-refractivity contribution in [3.05, 3.63) is 83.4 Å². The van der Waals surface area contributed by atoms with Crippen molar-refractivity contribution in [2.75, 3.05) is 45.1 Å². The molecule has 3 aromatic carbocycles. The van der Waals surface area contributed by atoms with Crippen LogP contribution in [0.15, 0.2) is 71.6 Å². The first kappa shape index (κ1) is 20.5. The smallest absolute Gasteiger partial charge is 0.159 e. The summed E-state index contributed by atoms with van der Waals surface area (Å²) in [7, 11) is 9.27. The largest absolute Gasteiger partial charge is 0.497 e. The van der Waals surface area contributed by atoms with E-state index in [0.717, 1.165) is 38.7 Å². The third kappa shape index (κ3) is 3.28. The molecule has 1 heterocycles. The van der Waals surface area contributed by atoms with Gasteiger partial charge in [0.2, 0.25) is 0 Å². The van der Waals surface area contributed by atoms with Crippen molar-refractivity contribution >= 4 is 28.0 Å². The van der Waals surface area contributed by atoms with E-state index in [4.69, 9.17) is 8.92 Å². The van der Waals surface area contributed by atoms with Gasteiger partial charge in [-0.05, 0) is 64.2 Å². The molecule has 1 aliphatic rings. The van der Waals surface area contributed by atoms with Crippen LogP contribution in [0.2, 0.25) is 0 Å². The van der Waals surface area contributed by atoms with E-state index in [0.29, 0.717) is 0 Å². The van der Waals surface area contributed by atoms with Crippen molar-refractivity contribution in [1.82, 2.24) is 0 Å². The van der Waals surface area contributed by atoms with E-state index < -0.39 is 16.4 Å². The molecular weight excluding hydrogens is 392 g/mol. The summed E-state index contributed by atoms with van der Waals surface area (Å²) in [6.07, 6.45) is 0. The Kier molecular flexibility index (Phi) is 5.35. The van der Waals surface area contributed by atoms with Crippen LogP contribution >= 0.6 is 10.8 Å². The van der Waals surface area contributed by atoms with Gasteiger partial charge in [0, 0.05) is 50.0 Å². The van der Waals surface area contributed by atoms with Crippen molar-refractivity contribution in [1.29, 1.82) is 0 Å². The number of rotatable bonds is 5. The molecular formula is C25H28N2O2S. The van der Waals surface area contributed by atoms with E-state index in [1.54, 1.807) is 7.11 Å².